The summed E-state index contributed by atoms with van der Waals surface area (Å²) in [6, 6.07) is 24.8. The number of nitrogens with zero attached hydrogens (tertiary/aromatic N) is 3. The van der Waals surface area contributed by atoms with Crippen molar-refractivity contribution in [3.63, 3.8) is 0 Å². The molecular weight excluding hydrogens is 528 g/mol. The number of quaternary nitrogens is 1. The first-order valence-electron chi connectivity index (χ1n) is 14.9. The van der Waals surface area contributed by atoms with Crippen LogP contribution in [0.2, 0.25) is 0 Å². The summed E-state index contributed by atoms with van der Waals surface area (Å²) < 4.78 is 6.62. The molecule has 0 saturated carbocycles. The Labute approximate surface area is 248 Å². The van der Waals surface area contributed by atoms with Crippen LogP contribution in [0.5, 0.6) is 0 Å². The molecule has 0 aromatic heterocycles. The standard InChI is InChI=1S/C34H40N4O4/c1-38(2,25-11-21-37-32(39)29-15-6-7-16-30(29)33(37)40)24-10-20-36-22-18-27(19-23-36)42-34(41)35-31-17-9-8-14-28(31)26-12-4-3-5-13-26/h3-9,12-17,27H,10-11,18-25H2,1-2H3/p+1. The topological polar surface area (TPSA) is 79.0 Å². The Morgan fingerprint density at radius 1 is 0.786 bits per heavy atom. The number of benzene rings is 3. The molecule has 0 aliphatic carbocycles. The molecule has 0 bridgehead atoms. The zero-order valence-electron chi connectivity index (χ0n) is 24.6. The van der Waals surface area contributed by atoms with Crippen LogP contribution in [0.4, 0.5) is 10.5 Å². The summed E-state index contributed by atoms with van der Waals surface area (Å²) in [7, 11) is 4.41. The van der Waals surface area contributed by atoms with E-state index in [2.05, 4.69) is 24.3 Å². The number of hydrogen-bond donors (Lipinski definition) is 1. The zero-order valence-corrected chi connectivity index (χ0v) is 24.6. The summed E-state index contributed by atoms with van der Waals surface area (Å²) >= 11 is 0. The fourth-order valence-corrected chi connectivity index (χ4v) is 5.94. The van der Waals surface area contributed by atoms with Gasteiger partial charge in [0, 0.05) is 44.6 Å². The average Bonchev–Trinajstić information content (AvgIpc) is 3.23. The van der Waals surface area contributed by atoms with Gasteiger partial charge >= 0.3 is 6.09 Å². The molecule has 2 aliphatic heterocycles. The average molecular weight is 570 g/mol. The normalized spacial score (nSPS) is 16.0. The van der Waals surface area contributed by atoms with E-state index in [-0.39, 0.29) is 17.9 Å². The molecule has 0 atom stereocenters. The van der Waals surface area contributed by atoms with Crippen molar-refractivity contribution in [1.82, 2.24) is 9.80 Å². The van der Waals surface area contributed by atoms with E-state index in [1.807, 2.05) is 54.6 Å². The van der Waals surface area contributed by atoms with Gasteiger partial charge in [0.15, 0.2) is 0 Å². The van der Waals surface area contributed by atoms with Crippen LogP contribution in [-0.2, 0) is 4.74 Å². The second-order valence-corrected chi connectivity index (χ2v) is 11.9. The van der Waals surface area contributed by atoms with E-state index in [0.29, 0.717) is 17.7 Å². The summed E-state index contributed by atoms with van der Waals surface area (Å²) in [5.41, 5.74) is 3.79. The smallest absolute Gasteiger partial charge is 0.411 e. The number of hydrogen-bond acceptors (Lipinski definition) is 5. The highest BCUT2D eigenvalue weighted by atomic mass is 16.6. The highest BCUT2D eigenvalue weighted by molar-refractivity contribution is 6.21. The van der Waals surface area contributed by atoms with Crippen molar-refractivity contribution in [3.05, 3.63) is 90.0 Å². The molecule has 2 aliphatic rings. The molecule has 5 rings (SSSR count). The van der Waals surface area contributed by atoms with Crippen molar-refractivity contribution in [2.75, 3.05) is 58.7 Å². The number of carbonyl (C=O) groups is 3. The minimum atomic E-state index is -0.405. The lowest BCUT2D eigenvalue weighted by Crippen LogP contribution is -2.45. The van der Waals surface area contributed by atoms with Gasteiger partial charge in [-0.1, -0.05) is 60.7 Å². The number of anilines is 1. The van der Waals surface area contributed by atoms with E-state index in [9.17, 15) is 14.4 Å². The van der Waals surface area contributed by atoms with Crippen molar-refractivity contribution in [1.29, 1.82) is 0 Å². The van der Waals surface area contributed by atoms with Gasteiger partial charge in [-0.25, -0.2) is 4.79 Å². The number of likely N-dealkylation sites (tertiary alicyclic amines) is 1. The van der Waals surface area contributed by atoms with Gasteiger partial charge in [0.2, 0.25) is 0 Å². The third-order valence-electron chi connectivity index (χ3n) is 8.32. The Kier molecular flexibility index (Phi) is 9.35. The monoisotopic (exact) mass is 569 g/mol. The molecule has 8 nitrogen and oxygen atoms in total. The quantitative estimate of drug-likeness (QED) is 0.243. The fourth-order valence-electron chi connectivity index (χ4n) is 5.94. The van der Waals surface area contributed by atoms with E-state index < -0.39 is 6.09 Å². The van der Waals surface area contributed by atoms with Crippen LogP contribution >= 0.6 is 0 Å². The molecule has 0 unspecified atom stereocenters. The second kappa shape index (κ2) is 13.3. The van der Waals surface area contributed by atoms with Crippen LogP contribution in [0, 0.1) is 0 Å². The minimum Gasteiger partial charge on any atom is -0.446 e. The first-order chi connectivity index (χ1) is 20.3. The van der Waals surface area contributed by atoms with Gasteiger partial charge in [0.1, 0.15) is 6.10 Å². The molecule has 3 aromatic rings. The molecule has 0 spiro atoms. The number of imide groups is 1. The third kappa shape index (κ3) is 7.24. The predicted molar refractivity (Wildman–Crippen MR) is 164 cm³/mol. The zero-order chi connectivity index (χ0) is 29.5. The number of nitrogens with one attached hydrogen (secondary N) is 1. The Morgan fingerprint density at radius 2 is 1.33 bits per heavy atom. The SMILES string of the molecule is C[N+](C)(CCCN1CCC(OC(=O)Nc2ccccc2-c2ccccc2)CC1)CCCN1C(=O)c2ccccc2C1=O. The van der Waals surface area contributed by atoms with Crippen LogP contribution in [0.1, 0.15) is 46.4 Å². The molecule has 1 fully saturated rings. The number of ether oxygens (including phenoxy) is 1. The summed E-state index contributed by atoms with van der Waals surface area (Å²) in [5.74, 6) is -0.356. The Bertz CT molecular complexity index is 1360. The number of amides is 3. The van der Waals surface area contributed by atoms with Gasteiger partial charge < -0.3 is 14.1 Å². The van der Waals surface area contributed by atoms with E-state index >= 15 is 0 Å². The molecule has 1 N–H and O–H groups in total. The molecule has 220 valence electrons. The maximum atomic E-state index is 12.7. The molecular formula is C34H41N4O4+. The largest absolute Gasteiger partial charge is 0.446 e. The Morgan fingerprint density at radius 3 is 1.98 bits per heavy atom. The van der Waals surface area contributed by atoms with Crippen LogP contribution in [0.25, 0.3) is 11.1 Å². The molecule has 0 radical (unpaired) electrons. The van der Waals surface area contributed by atoms with Crippen molar-refractivity contribution >= 4 is 23.6 Å². The van der Waals surface area contributed by atoms with Crippen LogP contribution in [0.3, 0.4) is 0 Å². The fraction of sp³-hybridized carbons (Fsp3) is 0.382. The van der Waals surface area contributed by atoms with Crippen molar-refractivity contribution in [2.24, 2.45) is 0 Å². The van der Waals surface area contributed by atoms with Crippen LogP contribution in [-0.4, -0.2) is 91.7 Å². The molecule has 1 saturated heterocycles. The predicted octanol–water partition coefficient (Wildman–Crippen LogP) is 5.52. The van der Waals surface area contributed by atoms with Crippen LogP contribution < -0.4 is 5.32 Å². The van der Waals surface area contributed by atoms with Crippen molar-refractivity contribution in [3.8, 4) is 11.1 Å². The molecule has 3 amide bonds. The summed E-state index contributed by atoms with van der Waals surface area (Å²) in [6.45, 7) is 5.18. The summed E-state index contributed by atoms with van der Waals surface area (Å²) in [6.07, 6.45) is 3.00. The number of para-hydroxylation sites is 1. The van der Waals surface area contributed by atoms with Gasteiger partial charge in [0.05, 0.1) is 44.0 Å². The van der Waals surface area contributed by atoms with Gasteiger partial charge in [-0.2, -0.15) is 0 Å². The maximum Gasteiger partial charge on any atom is 0.411 e. The maximum absolute atomic E-state index is 12.7. The van der Waals surface area contributed by atoms with E-state index in [1.54, 1.807) is 24.3 Å². The minimum absolute atomic E-state index is 0.0838. The second-order valence-electron chi connectivity index (χ2n) is 11.9. The number of carbonyl (C=O) groups excluding carboxylic acids is 3. The molecule has 3 aromatic carbocycles. The lowest BCUT2D eigenvalue weighted by atomic mass is 10.0. The lowest BCUT2D eigenvalue weighted by molar-refractivity contribution is -0.890. The van der Waals surface area contributed by atoms with E-state index in [1.165, 1.54) is 4.90 Å². The Balaban J connectivity index is 0.989. The summed E-state index contributed by atoms with van der Waals surface area (Å²) in [5, 5.41) is 2.95. The third-order valence-corrected chi connectivity index (χ3v) is 8.32. The number of rotatable bonds is 11. The van der Waals surface area contributed by atoms with E-state index in [0.717, 1.165) is 79.7 Å². The molecule has 42 heavy (non-hydrogen) atoms. The van der Waals surface area contributed by atoms with Gasteiger partial charge in [-0.3, -0.25) is 19.8 Å². The lowest BCUT2D eigenvalue weighted by Gasteiger charge is -2.34. The van der Waals surface area contributed by atoms with Crippen molar-refractivity contribution < 1.29 is 23.6 Å². The number of piperidine rings is 1. The number of fused-ring (bicyclic) bond motifs is 1. The van der Waals surface area contributed by atoms with Crippen LogP contribution in [0.15, 0.2) is 78.9 Å². The summed E-state index contributed by atoms with van der Waals surface area (Å²) in [4.78, 5) is 41.7. The first-order valence-corrected chi connectivity index (χ1v) is 14.9. The highest BCUT2D eigenvalue weighted by Gasteiger charge is 2.35. The molecule has 2 heterocycles. The van der Waals surface area contributed by atoms with E-state index in [4.69, 9.17) is 4.74 Å². The Hall–Kier alpha value is -4.01. The van der Waals surface area contributed by atoms with Crippen molar-refractivity contribution in [2.45, 2.75) is 31.8 Å². The first kappa shape index (κ1) is 29.5. The van der Waals surface area contributed by atoms with Gasteiger partial charge in [-0.05, 0) is 36.6 Å². The van der Waals surface area contributed by atoms with Gasteiger partial charge in [0.25, 0.3) is 11.8 Å². The molecule has 8 heteroatoms. The van der Waals surface area contributed by atoms with Gasteiger partial charge in [-0.15, -0.1) is 0 Å². The highest BCUT2D eigenvalue weighted by Crippen LogP contribution is 2.28.